The maximum absolute atomic E-state index is 13.5. The lowest BCUT2D eigenvalue weighted by Crippen LogP contribution is -2.34. The topological polar surface area (TPSA) is 87.7 Å². The number of hydrogen-bond acceptors (Lipinski definition) is 3. The molecule has 104 valence electrons. The molecular formula is C11H12BrF2N3O2. The van der Waals surface area contributed by atoms with Crippen LogP contribution >= 0.6 is 15.9 Å². The maximum Gasteiger partial charge on any atom is 0.235 e. The summed E-state index contributed by atoms with van der Waals surface area (Å²) in [4.78, 5) is 11.8. The third kappa shape index (κ3) is 3.63. The lowest BCUT2D eigenvalue weighted by Gasteiger charge is -2.14. The van der Waals surface area contributed by atoms with Gasteiger partial charge in [-0.15, -0.1) is 0 Å². The van der Waals surface area contributed by atoms with Crippen molar-refractivity contribution in [2.75, 3.05) is 5.32 Å². The van der Waals surface area contributed by atoms with Crippen molar-refractivity contribution in [3.05, 3.63) is 28.2 Å². The normalized spacial score (nSPS) is 13.2. The number of hydrogen-bond donors (Lipinski definition) is 3. The van der Waals surface area contributed by atoms with Gasteiger partial charge in [-0.3, -0.25) is 4.79 Å². The van der Waals surface area contributed by atoms with Gasteiger partial charge < -0.3 is 16.3 Å². The van der Waals surface area contributed by atoms with Crippen LogP contribution in [-0.2, 0) is 4.79 Å². The minimum atomic E-state index is -0.965. The van der Waals surface area contributed by atoms with Gasteiger partial charge in [0.15, 0.2) is 17.5 Å². The third-order valence-corrected chi connectivity index (χ3v) is 2.91. The molecule has 1 unspecified atom stereocenters. The number of carbonyl (C=O) groups excluding carboxylic acids is 1. The first kappa shape index (κ1) is 15.4. The van der Waals surface area contributed by atoms with Gasteiger partial charge in [-0.2, -0.15) is 0 Å². The van der Waals surface area contributed by atoms with Gasteiger partial charge in [0.2, 0.25) is 5.91 Å². The summed E-state index contributed by atoms with van der Waals surface area (Å²) in [5, 5.41) is 13.3. The number of rotatable bonds is 4. The van der Waals surface area contributed by atoms with E-state index in [1.54, 1.807) is 6.92 Å². The van der Waals surface area contributed by atoms with Crippen LogP contribution in [-0.4, -0.2) is 17.0 Å². The third-order valence-electron chi connectivity index (χ3n) is 2.45. The zero-order valence-electron chi connectivity index (χ0n) is 9.95. The number of nitrogens with two attached hydrogens (primary N) is 1. The van der Waals surface area contributed by atoms with Crippen LogP contribution in [0.3, 0.4) is 0 Å². The van der Waals surface area contributed by atoms with E-state index < -0.39 is 29.1 Å². The molecule has 0 bridgehead atoms. The van der Waals surface area contributed by atoms with Gasteiger partial charge in [0.05, 0.1) is 5.92 Å². The number of halogens is 3. The maximum atomic E-state index is 13.5. The molecule has 0 saturated heterocycles. The molecule has 4 N–H and O–H groups in total. The molecule has 0 aliphatic heterocycles. The second-order valence-electron chi connectivity index (χ2n) is 3.72. The Kier molecular flexibility index (Phi) is 5.22. The predicted octanol–water partition coefficient (Wildman–Crippen LogP) is 2.44. The van der Waals surface area contributed by atoms with Gasteiger partial charge in [0, 0.05) is 4.47 Å². The van der Waals surface area contributed by atoms with Crippen LogP contribution in [0.5, 0.6) is 0 Å². The van der Waals surface area contributed by atoms with E-state index in [2.05, 4.69) is 26.4 Å². The first-order chi connectivity index (χ1) is 8.90. The first-order valence-electron chi connectivity index (χ1n) is 5.33. The zero-order chi connectivity index (χ0) is 14.6. The number of anilines is 1. The molecule has 1 atom stereocenters. The molecule has 19 heavy (non-hydrogen) atoms. The van der Waals surface area contributed by atoms with E-state index in [1.165, 1.54) is 0 Å². The molecule has 0 aliphatic carbocycles. The molecular weight excluding hydrogens is 324 g/mol. The molecule has 0 aliphatic rings. The highest BCUT2D eigenvalue weighted by atomic mass is 79.9. The van der Waals surface area contributed by atoms with E-state index in [-0.39, 0.29) is 16.7 Å². The Morgan fingerprint density at radius 2 is 2.05 bits per heavy atom. The molecule has 0 radical (unpaired) electrons. The number of benzene rings is 1. The molecule has 8 heteroatoms. The minimum absolute atomic E-state index is 0.212. The Morgan fingerprint density at radius 3 is 2.47 bits per heavy atom. The molecule has 1 rings (SSSR count). The van der Waals surface area contributed by atoms with Gasteiger partial charge in [-0.05, 0) is 18.6 Å². The summed E-state index contributed by atoms with van der Waals surface area (Å²) in [6.45, 7) is 1.62. The average Bonchev–Trinajstić information content (AvgIpc) is 2.34. The van der Waals surface area contributed by atoms with Crippen molar-refractivity contribution >= 4 is 33.4 Å². The molecule has 0 spiro atoms. The van der Waals surface area contributed by atoms with Crippen molar-refractivity contribution < 1.29 is 18.8 Å². The predicted molar refractivity (Wildman–Crippen MR) is 69.9 cm³/mol. The summed E-state index contributed by atoms with van der Waals surface area (Å²) in [6, 6.07) is 2.03. The Labute approximate surface area is 116 Å². The first-order valence-corrected chi connectivity index (χ1v) is 6.12. The smallest absolute Gasteiger partial charge is 0.235 e. The van der Waals surface area contributed by atoms with Crippen molar-refractivity contribution in [1.29, 1.82) is 0 Å². The lowest BCUT2D eigenvalue weighted by atomic mass is 10.0. The number of oxime groups is 1. The number of nitrogens with one attached hydrogen (secondary N) is 1. The van der Waals surface area contributed by atoms with Crippen LogP contribution in [0.15, 0.2) is 21.8 Å². The van der Waals surface area contributed by atoms with Gasteiger partial charge in [0.25, 0.3) is 0 Å². The number of amidine groups is 1. The fraction of sp³-hybridized carbons (Fsp3) is 0.273. The lowest BCUT2D eigenvalue weighted by molar-refractivity contribution is -0.118. The van der Waals surface area contributed by atoms with Crippen molar-refractivity contribution in [3.63, 3.8) is 0 Å². The monoisotopic (exact) mass is 335 g/mol. The largest absolute Gasteiger partial charge is 0.409 e. The second kappa shape index (κ2) is 6.46. The Morgan fingerprint density at radius 1 is 1.53 bits per heavy atom. The molecule has 1 aromatic carbocycles. The van der Waals surface area contributed by atoms with Crippen molar-refractivity contribution in [2.45, 2.75) is 13.3 Å². The average molecular weight is 336 g/mol. The minimum Gasteiger partial charge on any atom is -0.409 e. The van der Waals surface area contributed by atoms with Crippen molar-refractivity contribution in [1.82, 2.24) is 0 Å². The summed E-state index contributed by atoms with van der Waals surface area (Å²) in [5.74, 6) is -3.88. The molecule has 1 amide bonds. The van der Waals surface area contributed by atoms with E-state index in [0.717, 1.165) is 12.1 Å². The van der Waals surface area contributed by atoms with Crippen LogP contribution < -0.4 is 11.1 Å². The van der Waals surface area contributed by atoms with Crippen LogP contribution in [0.1, 0.15) is 13.3 Å². The number of nitrogens with zero attached hydrogens (tertiary/aromatic N) is 1. The Hall–Kier alpha value is -1.70. The van der Waals surface area contributed by atoms with Crippen molar-refractivity contribution in [2.24, 2.45) is 16.8 Å². The van der Waals surface area contributed by atoms with E-state index in [4.69, 9.17) is 10.9 Å². The quantitative estimate of drug-likeness (QED) is 0.342. The fourth-order valence-electron chi connectivity index (χ4n) is 1.47. The van der Waals surface area contributed by atoms with E-state index in [1.807, 2.05) is 0 Å². The second-order valence-corrected chi connectivity index (χ2v) is 4.64. The molecule has 5 nitrogen and oxygen atoms in total. The van der Waals surface area contributed by atoms with Crippen LogP contribution in [0, 0.1) is 17.6 Å². The summed E-state index contributed by atoms with van der Waals surface area (Å²) in [7, 11) is 0. The Bertz CT molecular complexity index is 500. The zero-order valence-corrected chi connectivity index (χ0v) is 11.5. The van der Waals surface area contributed by atoms with Gasteiger partial charge in [-0.1, -0.05) is 28.0 Å². The molecule has 0 aromatic heterocycles. The highest BCUT2D eigenvalue weighted by molar-refractivity contribution is 9.10. The van der Waals surface area contributed by atoms with E-state index in [9.17, 15) is 13.6 Å². The van der Waals surface area contributed by atoms with Crippen molar-refractivity contribution in [3.8, 4) is 0 Å². The summed E-state index contributed by atoms with van der Waals surface area (Å²) in [6.07, 6.45) is 0.224. The van der Waals surface area contributed by atoms with Crippen LogP contribution in [0.4, 0.5) is 14.5 Å². The summed E-state index contributed by atoms with van der Waals surface area (Å²) < 4.78 is 27.3. The van der Waals surface area contributed by atoms with Crippen LogP contribution in [0.2, 0.25) is 0 Å². The number of carbonyl (C=O) groups is 1. The molecule has 0 saturated carbocycles. The molecule has 1 aromatic rings. The molecule has 0 fully saturated rings. The van der Waals surface area contributed by atoms with E-state index >= 15 is 0 Å². The number of amides is 1. The highest BCUT2D eigenvalue weighted by Gasteiger charge is 2.23. The van der Waals surface area contributed by atoms with Gasteiger partial charge in [0.1, 0.15) is 5.69 Å². The standard InChI is InChI=1S/C11H12BrF2N3O2/c1-2-6(10(15)17-19)11(18)16-9-7(13)3-5(12)4-8(9)14/h3-4,6,19H,2H2,1H3,(H2,15,17)(H,16,18). The molecule has 0 heterocycles. The summed E-state index contributed by atoms with van der Waals surface area (Å²) in [5.41, 5.74) is 4.75. The van der Waals surface area contributed by atoms with Gasteiger partial charge in [-0.25, -0.2) is 8.78 Å². The van der Waals surface area contributed by atoms with Crippen LogP contribution in [0.25, 0.3) is 0 Å². The highest BCUT2D eigenvalue weighted by Crippen LogP contribution is 2.24. The fourth-order valence-corrected chi connectivity index (χ4v) is 1.87. The van der Waals surface area contributed by atoms with Gasteiger partial charge >= 0.3 is 0 Å². The SMILES string of the molecule is CCC(C(=O)Nc1c(F)cc(Br)cc1F)C(N)=NO. The Balaban J connectivity index is 3.00. The summed E-state index contributed by atoms with van der Waals surface area (Å²) >= 11 is 2.93. The van der Waals surface area contributed by atoms with E-state index in [0.29, 0.717) is 0 Å².